The van der Waals surface area contributed by atoms with E-state index >= 15 is 0 Å². The lowest BCUT2D eigenvalue weighted by Gasteiger charge is -0.668. The smallest absolute Gasteiger partial charge is 0.0462 e. The summed E-state index contributed by atoms with van der Waals surface area (Å²) >= 11 is 0. The van der Waals surface area contributed by atoms with Gasteiger partial charge in [0.05, 0.1) is 0 Å². The Morgan fingerprint density at radius 1 is 0.667 bits per heavy atom. The largest absolute Gasteiger partial charge is 0.202 e. The zero-order chi connectivity index (χ0) is 4.00. The Morgan fingerprint density at radius 2 is 0.667 bits per heavy atom. The van der Waals surface area contributed by atoms with Crippen molar-refractivity contribution >= 4 is 24.8 Å². The first kappa shape index (κ1) is 47.5. The summed E-state index contributed by atoms with van der Waals surface area (Å²) in [5.41, 5.74) is 0. The van der Waals surface area contributed by atoms with Gasteiger partial charge in [-0.05, 0) is 0 Å². The maximum Gasteiger partial charge on any atom is 0.0462 e. The summed E-state index contributed by atoms with van der Waals surface area (Å²) in [5.74, 6) is 0. The summed E-state index contributed by atoms with van der Waals surface area (Å²) in [7, 11) is 0. The van der Waals surface area contributed by atoms with E-state index in [4.69, 9.17) is 10.5 Å². The van der Waals surface area contributed by atoms with Crippen molar-refractivity contribution in [1.82, 2.24) is 0 Å². The Labute approximate surface area is 49.2 Å². The zero-order valence-electron chi connectivity index (χ0n) is 2.87. The van der Waals surface area contributed by atoms with Gasteiger partial charge >= 0.3 is 0 Å². The highest BCUT2D eigenvalue weighted by atomic mass is 35.5. The molecule has 0 aliphatic heterocycles. The molecular formula is C2H4Cl2N2. The van der Waals surface area contributed by atoms with Crippen LogP contribution in [0.15, 0.2) is 0 Å². The van der Waals surface area contributed by atoms with E-state index in [1.165, 1.54) is 0 Å². The molecule has 0 rings (SSSR count). The van der Waals surface area contributed by atoms with Gasteiger partial charge in [-0.1, -0.05) is 0 Å². The van der Waals surface area contributed by atoms with E-state index in [1.54, 1.807) is 0 Å². The van der Waals surface area contributed by atoms with Crippen LogP contribution in [0.4, 0.5) is 0 Å². The van der Waals surface area contributed by atoms with Crippen LogP contribution in [0.25, 0.3) is 0 Å². The number of hydrogen-bond donors (Lipinski definition) is 0. The fraction of sp³-hybridized carbons (Fsp3) is 0. The highest BCUT2D eigenvalue weighted by molar-refractivity contribution is 5.85. The second-order valence-corrected chi connectivity index (χ2v) is 0. The molecule has 0 amide bonds. The van der Waals surface area contributed by atoms with Gasteiger partial charge in [-0.25, -0.2) is 10.5 Å². The number of halogens is 2. The van der Waals surface area contributed by atoms with Crippen LogP contribution in [0.1, 0.15) is 0 Å². The lowest BCUT2D eigenvalue weighted by Crippen LogP contribution is -0.569. The summed E-state index contributed by atoms with van der Waals surface area (Å²) in [6.45, 7) is 7.00. The normalized spacial score (nSPS) is 0.667. The summed E-state index contributed by atoms with van der Waals surface area (Å²) in [6, 6.07) is 0. The molecule has 0 aromatic heterocycles. The molecule has 0 spiro atoms. The van der Waals surface area contributed by atoms with E-state index in [-0.39, 0.29) is 24.8 Å². The van der Waals surface area contributed by atoms with Gasteiger partial charge in [0, 0.05) is 13.1 Å². The highest BCUT2D eigenvalue weighted by Gasteiger charge is 0.515. The number of hydrogen-bond acceptors (Lipinski definition) is 2. The molecule has 0 aliphatic carbocycles. The fourth-order valence-corrected chi connectivity index (χ4v) is 0. The third-order valence-electron chi connectivity index (χ3n) is 0. The van der Waals surface area contributed by atoms with Gasteiger partial charge in [-0.15, -0.1) is 24.8 Å². The first-order valence-corrected chi connectivity index (χ1v) is 0.516. The third kappa shape index (κ3) is 121. The minimum Gasteiger partial charge on any atom is -0.202 e. The van der Waals surface area contributed by atoms with Crippen LogP contribution in [0, 0.1) is 23.7 Å². The van der Waals surface area contributed by atoms with E-state index in [0.717, 1.165) is 0 Å². The molecule has 0 atom stereocenters. The number of nitrogens with zero attached hydrogens (tertiary/aromatic N) is 2. The van der Waals surface area contributed by atoms with Crippen molar-refractivity contribution < 1.29 is 0 Å². The molecule has 0 unspecified atom stereocenters. The molecule has 0 heterocycles. The molecule has 0 fully saturated rings. The fourth-order valence-electron chi connectivity index (χ4n) is 0. The lowest BCUT2D eigenvalue weighted by atomic mass is 11.9. The SMILES string of the molecule is C#N.C#N.Cl.Cl. The van der Waals surface area contributed by atoms with Crippen molar-refractivity contribution in [3.8, 4) is 13.1 Å². The average molecular weight is 127 g/mol. The van der Waals surface area contributed by atoms with Crippen molar-refractivity contribution in [3.63, 3.8) is 0 Å². The first-order valence-electron chi connectivity index (χ1n) is 0.516. The molecule has 6 heavy (non-hydrogen) atoms. The minimum absolute atomic E-state index is 0. The second-order valence-electron chi connectivity index (χ2n) is 0. The van der Waals surface area contributed by atoms with Gasteiger partial charge in [-0.3, -0.25) is 0 Å². The Hall–Kier alpha value is -0.440. The van der Waals surface area contributed by atoms with Crippen LogP contribution < -0.4 is 0 Å². The molecule has 0 aromatic rings. The molecule has 0 saturated heterocycles. The van der Waals surface area contributed by atoms with E-state index in [9.17, 15) is 0 Å². The molecule has 0 saturated carbocycles. The Bertz CT molecular complexity index is 25.0. The predicted octanol–water partition coefficient (Wildman–Crippen LogP) is 1.12. The maximum absolute atomic E-state index is 6.50. The first-order chi connectivity index (χ1) is 2.00. The van der Waals surface area contributed by atoms with Gasteiger partial charge in [0.25, 0.3) is 0 Å². The van der Waals surface area contributed by atoms with Crippen molar-refractivity contribution in [2.45, 2.75) is 0 Å². The van der Waals surface area contributed by atoms with Crippen molar-refractivity contribution in [1.29, 1.82) is 10.5 Å². The summed E-state index contributed by atoms with van der Waals surface area (Å²) in [4.78, 5) is 0. The molecule has 36 valence electrons. The van der Waals surface area contributed by atoms with Crippen molar-refractivity contribution in [3.05, 3.63) is 0 Å². The van der Waals surface area contributed by atoms with Crippen LogP contribution in [0.5, 0.6) is 0 Å². The molecule has 4 heteroatoms. The number of nitriles is 2. The number of rotatable bonds is 0. The van der Waals surface area contributed by atoms with Gasteiger partial charge in [-0.2, -0.15) is 0 Å². The average Bonchev–Trinajstić information content (AvgIpc) is 1.50. The van der Waals surface area contributed by atoms with Crippen LogP contribution in [0.2, 0.25) is 0 Å². The van der Waals surface area contributed by atoms with E-state index in [0.29, 0.717) is 0 Å². The maximum atomic E-state index is 6.50. The van der Waals surface area contributed by atoms with Crippen LogP contribution in [-0.2, 0) is 0 Å². The van der Waals surface area contributed by atoms with Crippen molar-refractivity contribution in [2.24, 2.45) is 0 Å². The third-order valence-corrected chi connectivity index (χ3v) is 0. The topological polar surface area (TPSA) is 47.6 Å². The highest BCUT2D eigenvalue weighted by Crippen LogP contribution is 0.691. The summed E-state index contributed by atoms with van der Waals surface area (Å²) < 4.78 is 0. The van der Waals surface area contributed by atoms with Gasteiger partial charge in [0.15, 0.2) is 0 Å². The van der Waals surface area contributed by atoms with Crippen LogP contribution in [0.3, 0.4) is 0 Å². The van der Waals surface area contributed by atoms with Gasteiger partial charge < -0.3 is 0 Å². The zero-order valence-corrected chi connectivity index (χ0v) is 4.50. The molecule has 0 bridgehead atoms. The van der Waals surface area contributed by atoms with Gasteiger partial charge in [0.2, 0.25) is 0 Å². The molecule has 0 radical (unpaired) electrons. The van der Waals surface area contributed by atoms with E-state index in [2.05, 4.69) is 13.1 Å². The lowest BCUT2D eigenvalue weighted by molar-refractivity contribution is 1.58. The Balaban J connectivity index is -0.00000000500. The Morgan fingerprint density at radius 3 is 0.667 bits per heavy atom. The van der Waals surface area contributed by atoms with Crippen molar-refractivity contribution in [2.75, 3.05) is 0 Å². The molecule has 2 nitrogen and oxygen atoms in total. The summed E-state index contributed by atoms with van der Waals surface area (Å²) in [6.07, 6.45) is 0. The molecule has 0 aromatic carbocycles. The Kier molecular flexibility index (Phi) is 2360. The second kappa shape index (κ2) is 299. The molecule has 0 aliphatic rings. The predicted molar refractivity (Wildman–Crippen MR) is 27.8 cm³/mol. The standard InChI is InChI=1S/2CHN.2ClH/c2*1-2;;/h2*1H;2*1H. The van der Waals surface area contributed by atoms with E-state index < -0.39 is 0 Å². The monoisotopic (exact) mass is 126 g/mol. The van der Waals surface area contributed by atoms with E-state index in [1.807, 2.05) is 0 Å². The molecule has 0 N–H and O–H groups in total. The minimum atomic E-state index is 0. The van der Waals surface area contributed by atoms with Gasteiger partial charge in [0.1, 0.15) is 0 Å². The van der Waals surface area contributed by atoms with Crippen LogP contribution >= 0.6 is 24.8 Å². The molecular weight excluding hydrogens is 123 g/mol. The van der Waals surface area contributed by atoms with Crippen LogP contribution in [-0.4, -0.2) is 0 Å². The summed E-state index contributed by atoms with van der Waals surface area (Å²) in [5, 5.41) is 13.0. The quantitative estimate of drug-likeness (QED) is 0.489.